The molecule has 2 saturated heterocycles. The second kappa shape index (κ2) is 9.31. The summed E-state index contributed by atoms with van der Waals surface area (Å²) in [6.45, 7) is 9.50. The Morgan fingerprint density at radius 2 is 1.89 bits per heavy atom. The van der Waals surface area contributed by atoms with Crippen LogP contribution in [0.4, 0.5) is 0 Å². The van der Waals surface area contributed by atoms with Crippen molar-refractivity contribution in [1.82, 2.24) is 29.2 Å². The van der Waals surface area contributed by atoms with Gasteiger partial charge in [0.1, 0.15) is 24.0 Å². The van der Waals surface area contributed by atoms with E-state index in [9.17, 15) is 5.11 Å². The SMILES string of the molecule is Cc1cc(C)n(-c2nc(-n3cnc4ccc(OC5CCN(C6COC6)CC5)cc43)ccc2C(C)O)n1. The molecule has 0 bridgehead atoms. The van der Waals surface area contributed by atoms with E-state index in [1.54, 1.807) is 17.9 Å². The van der Waals surface area contributed by atoms with Gasteiger partial charge in [-0.1, -0.05) is 0 Å². The van der Waals surface area contributed by atoms with E-state index in [4.69, 9.17) is 14.5 Å². The molecule has 1 unspecified atom stereocenters. The molecule has 0 spiro atoms. The first-order valence-corrected chi connectivity index (χ1v) is 12.6. The molecule has 9 heteroatoms. The first-order chi connectivity index (χ1) is 17.5. The van der Waals surface area contributed by atoms with E-state index in [-0.39, 0.29) is 6.10 Å². The summed E-state index contributed by atoms with van der Waals surface area (Å²) in [7, 11) is 0. The number of rotatable bonds is 6. The van der Waals surface area contributed by atoms with Crippen LogP contribution < -0.4 is 4.74 Å². The van der Waals surface area contributed by atoms with Crippen molar-refractivity contribution in [3.8, 4) is 17.4 Å². The van der Waals surface area contributed by atoms with E-state index in [1.807, 2.05) is 54.8 Å². The Labute approximate surface area is 210 Å². The van der Waals surface area contributed by atoms with E-state index in [1.165, 1.54) is 0 Å². The fourth-order valence-electron chi connectivity index (χ4n) is 5.15. The Balaban J connectivity index is 1.29. The van der Waals surface area contributed by atoms with Crippen LogP contribution in [-0.4, -0.2) is 72.8 Å². The predicted octanol–water partition coefficient (Wildman–Crippen LogP) is 3.52. The zero-order valence-corrected chi connectivity index (χ0v) is 21.0. The van der Waals surface area contributed by atoms with Crippen molar-refractivity contribution in [2.45, 2.75) is 51.9 Å². The number of imidazole rings is 1. The van der Waals surface area contributed by atoms with Gasteiger partial charge in [0.05, 0.1) is 42.1 Å². The molecule has 3 aromatic heterocycles. The number of pyridine rings is 1. The van der Waals surface area contributed by atoms with Crippen LogP contribution in [0.15, 0.2) is 42.7 Å². The van der Waals surface area contributed by atoms with Gasteiger partial charge in [0.15, 0.2) is 5.82 Å². The van der Waals surface area contributed by atoms with E-state index >= 15 is 0 Å². The van der Waals surface area contributed by atoms with Crippen LogP contribution in [-0.2, 0) is 4.74 Å². The lowest BCUT2D eigenvalue weighted by Crippen LogP contribution is -2.52. The third-order valence-corrected chi connectivity index (χ3v) is 7.23. The number of ether oxygens (including phenoxy) is 2. The van der Waals surface area contributed by atoms with E-state index < -0.39 is 6.10 Å². The van der Waals surface area contributed by atoms with Crippen molar-refractivity contribution in [1.29, 1.82) is 0 Å². The maximum Gasteiger partial charge on any atom is 0.161 e. The molecule has 1 aromatic carbocycles. The summed E-state index contributed by atoms with van der Waals surface area (Å²) < 4.78 is 15.5. The summed E-state index contributed by atoms with van der Waals surface area (Å²) in [4.78, 5) is 12.0. The van der Waals surface area contributed by atoms with Crippen LogP contribution in [0.1, 0.15) is 42.8 Å². The summed E-state index contributed by atoms with van der Waals surface area (Å²) in [5.74, 6) is 2.16. The summed E-state index contributed by atoms with van der Waals surface area (Å²) in [5.41, 5.74) is 4.38. The van der Waals surface area contributed by atoms with Crippen LogP contribution in [0, 0.1) is 13.8 Å². The third kappa shape index (κ3) is 4.27. The minimum atomic E-state index is -0.673. The highest BCUT2D eigenvalue weighted by atomic mass is 16.5. The summed E-state index contributed by atoms with van der Waals surface area (Å²) in [6, 6.07) is 12.4. The summed E-state index contributed by atoms with van der Waals surface area (Å²) >= 11 is 0. The molecule has 9 nitrogen and oxygen atoms in total. The highest BCUT2D eigenvalue weighted by molar-refractivity contribution is 5.78. The van der Waals surface area contributed by atoms with Crippen LogP contribution >= 0.6 is 0 Å². The van der Waals surface area contributed by atoms with Crippen molar-refractivity contribution in [3.63, 3.8) is 0 Å². The topological polar surface area (TPSA) is 90.5 Å². The smallest absolute Gasteiger partial charge is 0.161 e. The van der Waals surface area contributed by atoms with E-state index in [2.05, 4.69) is 15.0 Å². The standard InChI is InChI=1S/C27H32N6O3/c1-17-12-18(2)33(30-17)27-23(19(3)34)5-7-26(29-27)32-16-28-24-6-4-22(13-25(24)32)36-21-8-10-31(11-9-21)20-14-35-15-20/h4-7,12-13,16,19-21,34H,8-11,14-15H2,1-3H3. The van der Waals surface area contributed by atoms with Crippen molar-refractivity contribution in [3.05, 3.63) is 59.7 Å². The predicted molar refractivity (Wildman–Crippen MR) is 136 cm³/mol. The van der Waals surface area contributed by atoms with Crippen LogP contribution in [0.5, 0.6) is 5.75 Å². The number of hydrogen-bond donors (Lipinski definition) is 1. The molecule has 5 heterocycles. The van der Waals surface area contributed by atoms with Gasteiger partial charge in [-0.05, 0) is 63.9 Å². The molecule has 2 aliphatic heterocycles. The van der Waals surface area contributed by atoms with Gasteiger partial charge in [0, 0.05) is 30.4 Å². The van der Waals surface area contributed by atoms with Crippen molar-refractivity contribution in [2.24, 2.45) is 0 Å². The number of nitrogens with zero attached hydrogens (tertiary/aromatic N) is 6. The quantitative estimate of drug-likeness (QED) is 0.444. The number of fused-ring (bicyclic) bond motifs is 1. The first-order valence-electron chi connectivity index (χ1n) is 12.6. The lowest BCUT2D eigenvalue weighted by atomic mass is 10.0. The molecule has 1 N–H and O–H groups in total. The van der Waals surface area contributed by atoms with E-state index in [0.717, 1.165) is 72.9 Å². The molecular formula is C27H32N6O3. The second-order valence-corrected chi connectivity index (χ2v) is 9.91. The van der Waals surface area contributed by atoms with Crippen LogP contribution in [0.3, 0.4) is 0 Å². The number of likely N-dealkylation sites (tertiary alicyclic amines) is 1. The maximum atomic E-state index is 10.4. The first kappa shape index (κ1) is 23.1. The molecule has 0 amide bonds. The lowest BCUT2D eigenvalue weighted by molar-refractivity contribution is -0.0778. The zero-order chi connectivity index (χ0) is 24.8. The Hall–Kier alpha value is -3.27. The molecule has 1 atom stereocenters. The molecular weight excluding hydrogens is 456 g/mol. The zero-order valence-electron chi connectivity index (χ0n) is 21.0. The molecule has 0 radical (unpaired) electrons. The number of aliphatic hydroxyl groups excluding tert-OH is 1. The van der Waals surface area contributed by atoms with Crippen molar-refractivity contribution < 1.29 is 14.6 Å². The normalized spacial score (nSPS) is 18.4. The van der Waals surface area contributed by atoms with Gasteiger partial charge in [-0.15, -0.1) is 0 Å². The van der Waals surface area contributed by atoms with Gasteiger partial charge >= 0.3 is 0 Å². The van der Waals surface area contributed by atoms with Gasteiger partial charge in [0.25, 0.3) is 0 Å². The number of aliphatic hydroxyl groups is 1. The number of benzene rings is 1. The van der Waals surface area contributed by atoms with Gasteiger partial charge in [-0.3, -0.25) is 9.47 Å². The minimum absolute atomic E-state index is 0.206. The fraction of sp³-hybridized carbons (Fsp3) is 0.444. The number of hydrogen-bond acceptors (Lipinski definition) is 7. The highest BCUT2D eigenvalue weighted by Crippen LogP contribution is 2.28. The van der Waals surface area contributed by atoms with Gasteiger partial charge in [-0.25, -0.2) is 14.6 Å². The van der Waals surface area contributed by atoms with Gasteiger partial charge in [0.2, 0.25) is 0 Å². The van der Waals surface area contributed by atoms with Crippen LogP contribution in [0.2, 0.25) is 0 Å². The molecule has 0 aliphatic carbocycles. The Kier molecular flexibility index (Phi) is 5.99. The molecule has 6 rings (SSSR count). The molecule has 36 heavy (non-hydrogen) atoms. The molecule has 2 aliphatic rings. The lowest BCUT2D eigenvalue weighted by Gasteiger charge is -2.41. The Morgan fingerprint density at radius 1 is 1.08 bits per heavy atom. The molecule has 4 aromatic rings. The molecule has 188 valence electrons. The van der Waals surface area contributed by atoms with Crippen molar-refractivity contribution >= 4 is 11.0 Å². The van der Waals surface area contributed by atoms with Gasteiger partial charge < -0.3 is 14.6 Å². The summed E-state index contributed by atoms with van der Waals surface area (Å²) in [6.07, 6.45) is 3.35. The van der Waals surface area contributed by atoms with E-state index in [0.29, 0.717) is 17.7 Å². The number of aryl methyl sites for hydroxylation is 2. The minimum Gasteiger partial charge on any atom is -0.490 e. The number of piperidine rings is 1. The highest BCUT2D eigenvalue weighted by Gasteiger charge is 2.30. The molecule has 0 saturated carbocycles. The fourth-order valence-corrected chi connectivity index (χ4v) is 5.15. The molecule has 2 fully saturated rings. The summed E-state index contributed by atoms with van der Waals surface area (Å²) in [5, 5.41) is 15.0. The number of aromatic nitrogens is 5. The monoisotopic (exact) mass is 488 g/mol. The van der Waals surface area contributed by atoms with Crippen LogP contribution in [0.25, 0.3) is 22.7 Å². The Bertz CT molecular complexity index is 1380. The average molecular weight is 489 g/mol. The second-order valence-electron chi connectivity index (χ2n) is 9.91. The van der Waals surface area contributed by atoms with Gasteiger partial charge in [-0.2, -0.15) is 5.10 Å². The largest absolute Gasteiger partial charge is 0.490 e. The third-order valence-electron chi connectivity index (χ3n) is 7.23. The Morgan fingerprint density at radius 3 is 2.56 bits per heavy atom. The average Bonchev–Trinajstić information content (AvgIpc) is 3.40. The maximum absolute atomic E-state index is 10.4. The van der Waals surface area contributed by atoms with Crippen molar-refractivity contribution in [2.75, 3.05) is 26.3 Å².